The van der Waals surface area contributed by atoms with E-state index in [0.29, 0.717) is 38.0 Å². The lowest BCUT2D eigenvalue weighted by atomic mass is 9.99. The van der Waals surface area contributed by atoms with Gasteiger partial charge in [0.2, 0.25) is 15.9 Å². The number of hydrogen-bond donors (Lipinski definition) is 5. The molecule has 45 heavy (non-hydrogen) atoms. The van der Waals surface area contributed by atoms with E-state index in [0.717, 1.165) is 18.9 Å². The summed E-state index contributed by atoms with van der Waals surface area (Å²) in [6, 6.07) is 8.98. The summed E-state index contributed by atoms with van der Waals surface area (Å²) in [5, 5.41) is 31.0. The van der Waals surface area contributed by atoms with Crippen LogP contribution in [0.2, 0.25) is 0 Å². The molecule has 0 saturated carbocycles. The van der Waals surface area contributed by atoms with Gasteiger partial charge in [-0.15, -0.1) is 0 Å². The lowest BCUT2D eigenvalue weighted by molar-refractivity contribution is -0.129. The van der Waals surface area contributed by atoms with E-state index in [9.17, 15) is 33.0 Å². The molecular weight excluding hydrogens is 598 g/mol. The van der Waals surface area contributed by atoms with Crippen LogP contribution < -0.4 is 15.9 Å². The molecule has 2 unspecified atom stereocenters. The maximum absolute atomic E-state index is 13.7. The van der Waals surface area contributed by atoms with Crippen molar-refractivity contribution in [2.45, 2.75) is 83.8 Å². The van der Waals surface area contributed by atoms with Crippen LogP contribution in [-0.2, 0) is 21.2 Å². The van der Waals surface area contributed by atoms with Gasteiger partial charge in [0, 0.05) is 43.2 Å². The van der Waals surface area contributed by atoms with Crippen LogP contribution in [0.5, 0.6) is 5.75 Å². The molecule has 0 fully saturated rings. The van der Waals surface area contributed by atoms with Gasteiger partial charge in [0.25, 0.3) is 11.8 Å². The van der Waals surface area contributed by atoms with Gasteiger partial charge in [-0.3, -0.25) is 19.8 Å². The Bertz CT molecular complexity index is 1380. The zero-order chi connectivity index (χ0) is 33.7. The van der Waals surface area contributed by atoms with E-state index in [2.05, 4.69) is 10.7 Å². The molecule has 2 rings (SSSR count). The summed E-state index contributed by atoms with van der Waals surface area (Å²) in [4.78, 5) is 40.8. The molecule has 13 heteroatoms. The second-order valence-electron chi connectivity index (χ2n) is 11.5. The number of aliphatic hydroxyl groups is 1. The number of phenolic OH excluding ortho intramolecular Hbond substituents is 1. The number of amides is 3. The van der Waals surface area contributed by atoms with Gasteiger partial charge >= 0.3 is 0 Å². The second-order valence-corrected chi connectivity index (χ2v) is 13.1. The number of nitrogens with two attached hydrogens (primary N) is 1. The number of unbranched alkanes of at least 4 members (excludes halogenated alkanes) is 1. The first kappa shape index (κ1) is 37.7. The molecule has 6 N–H and O–H groups in total. The van der Waals surface area contributed by atoms with Crippen molar-refractivity contribution in [1.29, 1.82) is 0 Å². The van der Waals surface area contributed by atoms with Gasteiger partial charge in [-0.1, -0.05) is 53.2 Å². The summed E-state index contributed by atoms with van der Waals surface area (Å²) in [6.07, 6.45) is 1.96. The highest BCUT2D eigenvalue weighted by molar-refractivity contribution is 7.89. The molecule has 250 valence electrons. The molecule has 2 aromatic rings. The number of nitrogens with one attached hydrogen (secondary N) is 2. The van der Waals surface area contributed by atoms with Gasteiger partial charge in [0.1, 0.15) is 5.75 Å². The molecule has 12 nitrogen and oxygen atoms in total. The molecule has 2 aromatic carbocycles. The third-order valence-electron chi connectivity index (χ3n) is 7.17. The average Bonchev–Trinajstić information content (AvgIpc) is 2.99. The van der Waals surface area contributed by atoms with Crippen LogP contribution in [0.3, 0.4) is 0 Å². The Hall–Kier alpha value is -3.52. The molecule has 0 radical (unpaired) electrons. The molecule has 0 saturated heterocycles. The third kappa shape index (κ3) is 12.1. The number of nitrogens with zero attached hydrogens (tertiary/aromatic N) is 2. The molecule has 3 amide bonds. The van der Waals surface area contributed by atoms with E-state index >= 15 is 0 Å². The largest absolute Gasteiger partial charge is 0.508 e. The van der Waals surface area contributed by atoms with Gasteiger partial charge in [0.05, 0.1) is 17.0 Å². The van der Waals surface area contributed by atoms with Crippen molar-refractivity contribution in [1.82, 2.24) is 20.7 Å². The number of benzene rings is 2. The number of carbonyl (C=O) groups is 3. The number of hydrazine groups is 1. The fourth-order valence-corrected chi connectivity index (χ4v) is 5.24. The Morgan fingerprint density at radius 1 is 0.911 bits per heavy atom. The van der Waals surface area contributed by atoms with Crippen LogP contribution in [0.25, 0.3) is 0 Å². The van der Waals surface area contributed by atoms with Gasteiger partial charge in [0.15, 0.2) is 0 Å². The molecule has 0 aliphatic rings. The number of primary sulfonamides is 1. The number of aromatic hydroxyl groups is 1. The maximum Gasteiger partial charge on any atom is 0.253 e. The zero-order valence-electron chi connectivity index (χ0n) is 27.0. The lowest BCUT2D eigenvalue weighted by Gasteiger charge is -2.31. The van der Waals surface area contributed by atoms with Crippen molar-refractivity contribution in [3.63, 3.8) is 0 Å². The predicted molar refractivity (Wildman–Crippen MR) is 173 cm³/mol. The van der Waals surface area contributed by atoms with Crippen LogP contribution >= 0.6 is 0 Å². The zero-order valence-corrected chi connectivity index (χ0v) is 27.8. The van der Waals surface area contributed by atoms with Crippen molar-refractivity contribution in [3.8, 4) is 5.75 Å². The van der Waals surface area contributed by atoms with Gasteiger partial charge in [-0.25, -0.2) is 18.6 Å². The first-order valence-electron chi connectivity index (χ1n) is 15.5. The van der Waals surface area contributed by atoms with Crippen LogP contribution in [0.1, 0.15) is 86.6 Å². The van der Waals surface area contributed by atoms with Crippen molar-refractivity contribution in [2.75, 3.05) is 26.2 Å². The van der Waals surface area contributed by atoms with E-state index in [4.69, 9.17) is 5.14 Å². The SMILES string of the molecule is CCCCN(CC(O)C(Cc1ccc(O)cc1)NC(=O)c1cc(C(=O)N(CCC)CCC)cc(S(N)(=O)=O)c1)NC(=O)C(C)C. The Morgan fingerprint density at radius 2 is 1.51 bits per heavy atom. The van der Waals surface area contributed by atoms with Gasteiger partial charge in [-0.2, -0.15) is 0 Å². The molecule has 0 spiro atoms. The van der Waals surface area contributed by atoms with E-state index < -0.39 is 34.0 Å². The third-order valence-corrected chi connectivity index (χ3v) is 8.07. The number of phenols is 1. The Balaban J connectivity index is 2.48. The minimum Gasteiger partial charge on any atom is -0.508 e. The van der Waals surface area contributed by atoms with Crippen LogP contribution in [-0.4, -0.2) is 84.6 Å². The van der Waals surface area contributed by atoms with Crippen LogP contribution in [0.15, 0.2) is 47.4 Å². The molecular formula is C32H49N5O7S. The average molecular weight is 648 g/mol. The lowest BCUT2D eigenvalue weighted by Crippen LogP contribution is -2.54. The molecule has 0 bridgehead atoms. The molecule has 0 heterocycles. The molecule has 0 aliphatic heterocycles. The van der Waals surface area contributed by atoms with Crippen LogP contribution in [0, 0.1) is 5.92 Å². The van der Waals surface area contributed by atoms with E-state index in [1.165, 1.54) is 24.3 Å². The summed E-state index contributed by atoms with van der Waals surface area (Å²) >= 11 is 0. The summed E-state index contributed by atoms with van der Waals surface area (Å²) in [6.45, 7) is 10.7. The molecule has 0 aliphatic carbocycles. The second kappa shape index (κ2) is 17.8. The van der Waals surface area contributed by atoms with Crippen molar-refractivity contribution < 1.29 is 33.0 Å². The highest BCUT2D eigenvalue weighted by Crippen LogP contribution is 2.19. The summed E-state index contributed by atoms with van der Waals surface area (Å²) in [7, 11) is -4.28. The van der Waals surface area contributed by atoms with Crippen molar-refractivity contribution in [2.24, 2.45) is 11.1 Å². The number of sulfonamides is 1. The highest BCUT2D eigenvalue weighted by atomic mass is 32.2. The maximum atomic E-state index is 13.7. The fourth-order valence-electron chi connectivity index (χ4n) is 4.66. The van der Waals surface area contributed by atoms with Crippen LogP contribution in [0.4, 0.5) is 0 Å². The number of carbonyl (C=O) groups excluding carboxylic acids is 3. The Kier molecular flexibility index (Phi) is 14.9. The standard InChI is InChI=1S/C32H49N5O7S/c1-6-9-16-37(35-30(40)22(4)5)21-29(39)28(17-23-10-12-26(38)13-11-23)34-31(41)24-18-25(20-27(19-24)45(33,43)44)32(42)36(14-7-2)15-8-3/h10-13,18-20,22,28-29,38-39H,6-9,14-17,21H2,1-5H3,(H,34,41)(H,35,40)(H2,33,43,44). The fraction of sp³-hybridized carbons (Fsp3) is 0.531. The molecule has 0 aromatic heterocycles. The number of rotatable bonds is 18. The monoisotopic (exact) mass is 647 g/mol. The summed E-state index contributed by atoms with van der Waals surface area (Å²) < 4.78 is 24.7. The molecule has 2 atom stereocenters. The number of aliphatic hydroxyl groups excluding tert-OH is 1. The van der Waals surface area contributed by atoms with Crippen molar-refractivity contribution >= 4 is 27.7 Å². The van der Waals surface area contributed by atoms with E-state index in [1.807, 2.05) is 20.8 Å². The first-order chi connectivity index (χ1) is 21.2. The predicted octanol–water partition coefficient (Wildman–Crippen LogP) is 2.79. The normalized spacial score (nSPS) is 13.0. The highest BCUT2D eigenvalue weighted by Gasteiger charge is 2.27. The van der Waals surface area contributed by atoms with E-state index in [1.54, 1.807) is 35.9 Å². The smallest absolute Gasteiger partial charge is 0.253 e. The minimum atomic E-state index is -4.28. The topological polar surface area (TPSA) is 182 Å². The first-order valence-corrected chi connectivity index (χ1v) is 17.0. The van der Waals surface area contributed by atoms with E-state index in [-0.39, 0.29) is 46.6 Å². The van der Waals surface area contributed by atoms with Crippen molar-refractivity contribution in [3.05, 3.63) is 59.2 Å². The Labute approximate surface area is 267 Å². The minimum absolute atomic E-state index is 0.00588. The van der Waals surface area contributed by atoms with Gasteiger partial charge in [-0.05, 0) is 61.6 Å². The number of hydrogen-bond acceptors (Lipinski definition) is 8. The van der Waals surface area contributed by atoms with Gasteiger partial charge < -0.3 is 20.4 Å². The summed E-state index contributed by atoms with van der Waals surface area (Å²) in [5.74, 6) is -1.59. The summed E-state index contributed by atoms with van der Waals surface area (Å²) in [5.41, 5.74) is 3.43. The Morgan fingerprint density at radius 3 is 2.04 bits per heavy atom. The quantitative estimate of drug-likeness (QED) is 0.153.